The Morgan fingerprint density at radius 3 is 1.33 bits per heavy atom. The third-order valence-corrected chi connectivity index (χ3v) is 14.4. The Morgan fingerprint density at radius 2 is 1.10 bits per heavy atom. The van der Waals surface area contributed by atoms with Crippen molar-refractivity contribution in [1.29, 1.82) is 0 Å². The maximum absolute atomic E-state index is 6.03. The summed E-state index contributed by atoms with van der Waals surface area (Å²) in [5.74, 6) is 0. The number of nitrogens with zero attached hydrogens (tertiary/aromatic N) is 1. The molecule has 0 rings (SSSR count). The second-order valence-electron chi connectivity index (χ2n) is 3.77. The third-order valence-electron chi connectivity index (χ3n) is 2.34. The van der Waals surface area contributed by atoms with Gasteiger partial charge in [-0.1, -0.05) is 0 Å². The molecule has 0 radical (unpaired) electrons. The first kappa shape index (κ1) is 21.4. The zero-order chi connectivity index (χ0) is 16.4. The fourth-order valence-corrected chi connectivity index (χ4v) is 12.5. The minimum absolute atomic E-state index is 0.347. The van der Waals surface area contributed by atoms with Gasteiger partial charge in [0.2, 0.25) is 0 Å². The Balaban J connectivity index is 5.50. The molecule has 0 aliphatic heterocycles. The molecule has 9 heteroatoms. The first-order valence-electron chi connectivity index (χ1n) is 7.15. The van der Waals surface area contributed by atoms with Crippen LogP contribution in [-0.2, 0) is 43.7 Å². The van der Waals surface area contributed by atoms with Crippen molar-refractivity contribution in [2.45, 2.75) is 40.8 Å². The van der Waals surface area contributed by atoms with Gasteiger partial charge in [0.15, 0.2) is 0 Å². The summed E-state index contributed by atoms with van der Waals surface area (Å²) >= 11 is -5.30. The Hall–Kier alpha value is 0.420. The second-order valence-corrected chi connectivity index (χ2v) is 13.6. The van der Waals surface area contributed by atoms with Crippen LogP contribution in [0.4, 0.5) is 0 Å². The van der Waals surface area contributed by atoms with Gasteiger partial charge in [0.25, 0.3) is 0 Å². The van der Waals surface area contributed by atoms with E-state index in [1.54, 1.807) is 6.92 Å². The van der Waals surface area contributed by atoms with Gasteiger partial charge in [-0.25, -0.2) is 0 Å². The van der Waals surface area contributed by atoms with Crippen LogP contribution in [0.1, 0.15) is 34.6 Å². The Bertz CT molecular complexity index is 243. The molecule has 0 aromatic carbocycles. The van der Waals surface area contributed by atoms with Gasteiger partial charge in [-0.3, -0.25) is 0 Å². The van der Waals surface area contributed by atoms with Crippen LogP contribution in [0.25, 0.3) is 0 Å². The molecule has 0 aromatic heterocycles. The van der Waals surface area contributed by atoms with E-state index in [4.69, 9.17) is 25.9 Å². The topological polar surface area (TPSA) is 67.9 Å². The molecule has 0 saturated heterocycles. The van der Waals surface area contributed by atoms with Gasteiger partial charge >= 0.3 is 130 Å². The number of hydrogen-bond donors (Lipinski definition) is 0. The molecule has 1 unspecified atom stereocenters. The number of hydrogen-bond acceptors (Lipinski definition) is 8. The first-order valence-corrected chi connectivity index (χ1v) is 13.7. The van der Waals surface area contributed by atoms with Gasteiger partial charge in [0, 0.05) is 0 Å². The zero-order valence-corrected chi connectivity index (χ0v) is 17.4. The molecule has 8 nitrogen and oxygen atoms in total. The molecule has 130 valence electrons. The van der Waals surface area contributed by atoms with Crippen LogP contribution in [0.15, 0.2) is 0 Å². The van der Waals surface area contributed by atoms with Crippen LogP contribution in [-0.4, -0.2) is 52.1 Å². The molecule has 21 heavy (non-hydrogen) atoms. The SMILES string of the molecule is CC[O][Ta]([O]CC)([O]CC)([O]CC)[O]C(C)N(OC)OC. The molecule has 0 aliphatic carbocycles. The van der Waals surface area contributed by atoms with Crippen LogP contribution in [0.5, 0.6) is 0 Å². The average Bonchev–Trinajstić information content (AvgIpc) is 2.41. The van der Waals surface area contributed by atoms with Crippen LogP contribution < -0.4 is 0 Å². The van der Waals surface area contributed by atoms with Gasteiger partial charge in [-0.2, -0.15) is 0 Å². The summed E-state index contributed by atoms with van der Waals surface area (Å²) < 4.78 is 29.4. The molecule has 0 aliphatic rings. The van der Waals surface area contributed by atoms with Crippen molar-refractivity contribution in [1.82, 2.24) is 5.23 Å². The Kier molecular flexibility index (Phi) is 10.4. The molecule has 0 fully saturated rings. The fraction of sp³-hybridized carbons (Fsp3) is 1.00. The molecular weight excluding hydrogens is 451 g/mol. The minimum atomic E-state index is -5.30. The van der Waals surface area contributed by atoms with Crippen LogP contribution in [0, 0.1) is 0 Å². The molecule has 0 heterocycles. The summed E-state index contributed by atoms with van der Waals surface area (Å²) in [4.78, 5) is 10.1. The van der Waals surface area contributed by atoms with Gasteiger partial charge < -0.3 is 0 Å². The van der Waals surface area contributed by atoms with E-state index in [0.29, 0.717) is 26.4 Å². The predicted octanol–water partition coefficient (Wildman–Crippen LogP) is 2.18. The van der Waals surface area contributed by atoms with Crippen molar-refractivity contribution in [3.63, 3.8) is 0 Å². The Labute approximate surface area is 130 Å². The van der Waals surface area contributed by atoms with Crippen molar-refractivity contribution in [2.24, 2.45) is 0 Å². The monoisotopic (exact) mass is 481 g/mol. The zero-order valence-electron chi connectivity index (χ0n) is 14.2. The van der Waals surface area contributed by atoms with Gasteiger partial charge in [0.1, 0.15) is 0 Å². The standard InChI is InChI=1S/C4H10NO3.4C2H5O.Ta/c1-4(6)5(7-2)8-3;4*1-2-3;/h4H,1-3H3;4*2H2,1H3;/q5*-1;+5. The molecule has 0 bridgehead atoms. The van der Waals surface area contributed by atoms with Gasteiger partial charge in [-0.05, 0) is 0 Å². The van der Waals surface area contributed by atoms with Crippen molar-refractivity contribution in [3.05, 3.63) is 0 Å². The summed E-state index contributed by atoms with van der Waals surface area (Å²) in [6.45, 7) is 10.5. The van der Waals surface area contributed by atoms with E-state index < -0.39 is 24.0 Å². The Morgan fingerprint density at radius 1 is 0.762 bits per heavy atom. The van der Waals surface area contributed by atoms with E-state index in [1.807, 2.05) is 27.7 Å². The first-order chi connectivity index (χ1) is 9.96. The molecule has 1 atom stereocenters. The quantitative estimate of drug-likeness (QED) is 0.293. The van der Waals surface area contributed by atoms with E-state index in [-0.39, 0.29) is 0 Å². The van der Waals surface area contributed by atoms with E-state index in [9.17, 15) is 0 Å². The average molecular weight is 481 g/mol. The molecule has 0 spiro atoms. The van der Waals surface area contributed by atoms with Gasteiger partial charge in [-0.15, -0.1) is 0 Å². The predicted molar refractivity (Wildman–Crippen MR) is 72.9 cm³/mol. The van der Waals surface area contributed by atoms with Crippen molar-refractivity contribution in [2.75, 3.05) is 40.6 Å². The number of hydroxylamine groups is 2. The summed E-state index contributed by atoms with van der Waals surface area (Å²) in [6.07, 6.45) is -0.635. The van der Waals surface area contributed by atoms with Crippen molar-refractivity contribution < 1.29 is 43.7 Å². The normalized spacial score (nSPS) is 15.9. The fourth-order valence-electron chi connectivity index (χ4n) is 1.85. The van der Waals surface area contributed by atoms with E-state index >= 15 is 0 Å². The summed E-state index contributed by atoms with van der Waals surface area (Å²) in [6, 6.07) is 0. The maximum atomic E-state index is 6.03. The van der Waals surface area contributed by atoms with Crippen molar-refractivity contribution in [3.8, 4) is 0 Å². The second kappa shape index (κ2) is 10.2. The molecule has 0 saturated carbocycles. The third kappa shape index (κ3) is 5.85. The molecular formula is C12H30NO7Ta. The summed E-state index contributed by atoms with van der Waals surface area (Å²) in [5, 5.41) is 1.17. The van der Waals surface area contributed by atoms with Crippen LogP contribution in [0.3, 0.4) is 0 Å². The molecule has 0 aromatic rings. The van der Waals surface area contributed by atoms with Crippen LogP contribution >= 0.6 is 0 Å². The summed E-state index contributed by atoms with van der Waals surface area (Å²) in [5.41, 5.74) is 0. The molecule has 0 N–H and O–H groups in total. The number of rotatable bonds is 13. The van der Waals surface area contributed by atoms with E-state index in [0.717, 1.165) is 0 Å². The molecule has 0 amide bonds. The van der Waals surface area contributed by atoms with Gasteiger partial charge in [0.05, 0.1) is 0 Å². The van der Waals surface area contributed by atoms with E-state index in [1.165, 1.54) is 19.4 Å². The van der Waals surface area contributed by atoms with E-state index in [2.05, 4.69) is 0 Å². The summed E-state index contributed by atoms with van der Waals surface area (Å²) in [7, 11) is 2.94. The van der Waals surface area contributed by atoms with Crippen molar-refractivity contribution >= 4 is 0 Å². The van der Waals surface area contributed by atoms with Crippen LogP contribution in [0.2, 0.25) is 0 Å².